The van der Waals surface area contributed by atoms with E-state index in [-0.39, 0.29) is 5.91 Å². The van der Waals surface area contributed by atoms with Gasteiger partial charge in [-0.15, -0.1) is 11.3 Å². The van der Waals surface area contributed by atoms with E-state index < -0.39 is 5.91 Å². The lowest BCUT2D eigenvalue weighted by molar-refractivity contribution is 0.100. The average Bonchev–Trinajstić information content (AvgIpc) is 2.86. The summed E-state index contributed by atoms with van der Waals surface area (Å²) in [6.07, 6.45) is 6.21. The number of nitrogens with one attached hydrogen (secondary N) is 1. The molecule has 2 aromatic rings. The highest BCUT2D eigenvalue weighted by molar-refractivity contribution is 7.17. The minimum absolute atomic E-state index is 0.308. The van der Waals surface area contributed by atoms with Crippen LogP contribution in [0.3, 0.4) is 0 Å². The molecular weight excluding hydrogens is 379 g/mol. The second kappa shape index (κ2) is 7.77. The third-order valence-electron chi connectivity index (χ3n) is 4.33. The summed E-state index contributed by atoms with van der Waals surface area (Å²) >= 11 is 13.3. The van der Waals surface area contributed by atoms with Crippen LogP contribution < -0.4 is 11.1 Å². The zero-order valence-electron chi connectivity index (χ0n) is 13.5. The molecule has 1 aromatic carbocycles. The molecule has 2 amide bonds. The van der Waals surface area contributed by atoms with Crippen LogP contribution >= 0.6 is 34.5 Å². The number of aryl methyl sites for hydroxylation is 1. The minimum atomic E-state index is -0.498. The Kier molecular flexibility index (Phi) is 5.67. The van der Waals surface area contributed by atoms with E-state index in [2.05, 4.69) is 5.32 Å². The summed E-state index contributed by atoms with van der Waals surface area (Å²) < 4.78 is 0. The lowest BCUT2D eigenvalue weighted by Crippen LogP contribution is -2.18. The molecule has 4 nitrogen and oxygen atoms in total. The molecule has 0 bridgehead atoms. The van der Waals surface area contributed by atoms with Crippen molar-refractivity contribution in [1.82, 2.24) is 0 Å². The molecule has 0 aliphatic heterocycles. The zero-order chi connectivity index (χ0) is 18.0. The van der Waals surface area contributed by atoms with Gasteiger partial charge in [-0.1, -0.05) is 36.0 Å². The Morgan fingerprint density at radius 3 is 2.44 bits per heavy atom. The van der Waals surface area contributed by atoms with Crippen molar-refractivity contribution in [2.75, 3.05) is 5.32 Å². The van der Waals surface area contributed by atoms with Gasteiger partial charge in [0.1, 0.15) is 5.00 Å². The fourth-order valence-electron chi connectivity index (χ4n) is 3.08. The molecule has 0 saturated carbocycles. The normalized spacial score (nSPS) is 14.3. The smallest absolute Gasteiger partial charge is 0.256 e. The summed E-state index contributed by atoms with van der Waals surface area (Å²) in [6, 6.07) is 4.67. The Morgan fingerprint density at radius 2 is 1.76 bits per heavy atom. The number of fused-ring (bicyclic) bond motifs is 1. The molecule has 3 N–H and O–H groups in total. The van der Waals surface area contributed by atoms with E-state index in [0.29, 0.717) is 26.2 Å². The Balaban J connectivity index is 1.93. The van der Waals surface area contributed by atoms with E-state index in [1.807, 2.05) is 0 Å². The van der Waals surface area contributed by atoms with Gasteiger partial charge >= 0.3 is 0 Å². The number of thiophene rings is 1. The van der Waals surface area contributed by atoms with Crippen LogP contribution in [-0.4, -0.2) is 11.8 Å². The Labute approximate surface area is 160 Å². The number of rotatable bonds is 3. The lowest BCUT2D eigenvalue weighted by Gasteiger charge is -2.10. The molecule has 0 fully saturated rings. The first kappa shape index (κ1) is 18.2. The molecule has 0 spiro atoms. The molecule has 3 rings (SSSR count). The van der Waals surface area contributed by atoms with Crippen molar-refractivity contribution >= 4 is 51.4 Å². The van der Waals surface area contributed by atoms with Gasteiger partial charge in [-0.05, 0) is 49.4 Å². The minimum Gasteiger partial charge on any atom is -0.365 e. The summed E-state index contributed by atoms with van der Waals surface area (Å²) in [5.41, 5.74) is 7.45. The van der Waals surface area contributed by atoms with Gasteiger partial charge in [0.15, 0.2) is 0 Å². The Hall–Kier alpha value is -1.56. The maximum absolute atomic E-state index is 12.5. The SMILES string of the molecule is NC(=O)c1c(NC(=O)c2ccc(Cl)c(Cl)c2)sc2c1CCCCCC2. The van der Waals surface area contributed by atoms with Crippen LogP contribution in [0, 0.1) is 0 Å². The number of amides is 2. The molecular formula is C18H18Cl2N2O2S. The van der Waals surface area contributed by atoms with E-state index in [0.717, 1.165) is 42.5 Å². The highest BCUT2D eigenvalue weighted by Gasteiger charge is 2.24. The predicted octanol–water partition coefficient (Wildman–Crippen LogP) is 5.07. The number of halogens is 2. The van der Waals surface area contributed by atoms with E-state index in [1.54, 1.807) is 12.1 Å². The maximum atomic E-state index is 12.5. The molecule has 1 aromatic heterocycles. The van der Waals surface area contributed by atoms with Gasteiger partial charge in [0, 0.05) is 10.4 Å². The van der Waals surface area contributed by atoms with Crippen LogP contribution in [0.4, 0.5) is 5.00 Å². The Morgan fingerprint density at radius 1 is 1.04 bits per heavy atom. The van der Waals surface area contributed by atoms with Gasteiger partial charge in [0.05, 0.1) is 15.6 Å². The largest absolute Gasteiger partial charge is 0.365 e. The average molecular weight is 397 g/mol. The molecule has 0 radical (unpaired) electrons. The number of primary amides is 1. The first-order chi connectivity index (χ1) is 12.0. The van der Waals surface area contributed by atoms with Crippen molar-refractivity contribution in [3.8, 4) is 0 Å². The number of nitrogens with two attached hydrogens (primary N) is 1. The molecule has 0 saturated heterocycles. The number of anilines is 1. The van der Waals surface area contributed by atoms with Crippen molar-refractivity contribution in [3.05, 3.63) is 49.8 Å². The fourth-order valence-corrected chi connectivity index (χ4v) is 4.67. The van der Waals surface area contributed by atoms with Crippen molar-refractivity contribution in [3.63, 3.8) is 0 Å². The maximum Gasteiger partial charge on any atom is 0.256 e. The molecule has 1 aliphatic carbocycles. The van der Waals surface area contributed by atoms with Gasteiger partial charge in [-0.3, -0.25) is 9.59 Å². The van der Waals surface area contributed by atoms with E-state index >= 15 is 0 Å². The van der Waals surface area contributed by atoms with Gasteiger partial charge in [-0.2, -0.15) is 0 Å². The number of carbonyl (C=O) groups excluding carboxylic acids is 2. The van der Waals surface area contributed by atoms with Crippen LogP contribution in [0.2, 0.25) is 10.0 Å². The summed E-state index contributed by atoms with van der Waals surface area (Å²) in [6.45, 7) is 0. The quantitative estimate of drug-likeness (QED) is 0.760. The second-order valence-electron chi connectivity index (χ2n) is 6.07. The molecule has 7 heteroatoms. The molecule has 132 valence electrons. The summed E-state index contributed by atoms with van der Waals surface area (Å²) in [5, 5.41) is 4.05. The molecule has 0 unspecified atom stereocenters. The summed E-state index contributed by atoms with van der Waals surface area (Å²) in [5.74, 6) is -0.835. The molecule has 1 heterocycles. The van der Waals surface area contributed by atoms with E-state index in [1.165, 1.54) is 23.8 Å². The van der Waals surface area contributed by atoms with Crippen LogP contribution in [0.1, 0.15) is 56.8 Å². The zero-order valence-corrected chi connectivity index (χ0v) is 15.9. The number of hydrogen-bond donors (Lipinski definition) is 2. The number of benzene rings is 1. The topological polar surface area (TPSA) is 72.2 Å². The number of carbonyl (C=O) groups is 2. The van der Waals surface area contributed by atoms with Gasteiger partial charge in [0.25, 0.3) is 11.8 Å². The Bertz CT molecular complexity index is 833. The first-order valence-electron chi connectivity index (χ1n) is 8.18. The lowest BCUT2D eigenvalue weighted by atomic mass is 9.96. The third-order valence-corrected chi connectivity index (χ3v) is 6.27. The van der Waals surface area contributed by atoms with E-state index in [4.69, 9.17) is 28.9 Å². The van der Waals surface area contributed by atoms with Crippen LogP contribution in [0.25, 0.3) is 0 Å². The van der Waals surface area contributed by atoms with Crippen LogP contribution in [0.5, 0.6) is 0 Å². The fraction of sp³-hybridized carbons (Fsp3) is 0.333. The van der Waals surface area contributed by atoms with Gasteiger partial charge in [-0.25, -0.2) is 0 Å². The van der Waals surface area contributed by atoms with Crippen LogP contribution in [-0.2, 0) is 12.8 Å². The summed E-state index contributed by atoms with van der Waals surface area (Å²) in [4.78, 5) is 25.7. The number of hydrogen-bond acceptors (Lipinski definition) is 3. The standard InChI is InChI=1S/C18H18Cl2N2O2S/c19-12-8-7-10(9-13(12)20)17(24)22-18-15(16(21)23)11-5-3-1-2-4-6-14(11)25-18/h7-9H,1-6H2,(H2,21,23)(H,22,24). The summed E-state index contributed by atoms with van der Waals surface area (Å²) in [7, 11) is 0. The van der Waals surface area contributed by atoms with Crippen molar-refractivity contribution in [2.24, 2.45) is 5.73 Å². The molecule has 1 aliphatic rings. The van der Waals surface area contributed by atoms with Crippen molar-refractivity contribution in [1.29, 1.82) is 0 Å². The van der Waals surface area contributed by atoms with Crippen molar-refractivity contribution in [2.45, 2.75) is 38.5 Å². The van der Waals surface area contributed by atoms with Gasteiger partial charge < -0.3 is 11.1 Å². The van der Waals surface area contributed by atoms with Crippen molar-refractivity contribution < 1.29 is 9.59 Å². The van der Waals surface area contributed by atoms with Crippen LogP contribution in [0.15, 0.2) is 18.2 Å². The molecule has 0 atom stereocenters. The van der Waals surface area contributed by atoms with Gasteiger partial charge in [0.2, 0.25) is 0 Å². The van der Waals surface area contributed by atoms with E-state index in [9.17, 15) is 9.59 Å². The predicted molar refractivity (Wildman–Crippen MR) is 103 cm³/mol. The monoisotopic (exact) mass is 396 g/mol. The second-order valence-corrected chi connectivity index (χ2v) is 7.99. The molecule has 25 heavy (non-hydrogen) atoms. The first-order valence-corrected chi connectivity index (χ1v) is 9.75. The third kappa shape index (κ3) is 4.00. The highest BCUT2D eigenvalue weighted by atomic mass is 35.5. The highest BCUT2D eigenvalue weighted by Crippen LogP contribution is 2.37.